The van der Waals surface area contributed by atoms with E-state index in [-0.39, 0.29) is 0 Å². The van der Waals surface area contributed by atoms with Gasteiger partial charge < -0.3 is 10.2 Å². The predicted octanol–water partition coefficient (Wildman–Crippen LogP) is 2.36. The molecule has 4 heteroatoms. The molecule has 0 unspecified atom stereocenters. The van der Waals surface area contributed by atoms with E-state index in [2.05, 4.69) is 20.2 Å². The third-order valence-electron chi connectivity index (χ3n) is 4.57. The summed E-state index contributed by atoms with van der Waals surface area (Å²) < 4.78 is 0. The molecule has 1 saturated carbocycles. The molecule has 0 aromatic carbocycles. The van der Waals surface area contributed by atoms with Crippen molar-refractivity contribution in [3.05, 3.63) is 18.0 Å². The van der Waals surface area contributed by atoms with Crippen LogP contribution in [-0.4, -0.2) is 29.6 Å². The maximum absolute atomic E-state index is 4.59. The molecular formula is C15H24N4. The van der Waals surface area contributed by atoms with Gasteiger partial charge in [0.05, 0.1) is 0 Å². The van der Waals surface area contributed by atoms with Crippen molar-refractivity contribution < 1.29 is 0 Å². The van der Waals surface area contributed by atoms with Crippen LogP contribution < -0.4 is 10.2 Å². The second-order valence-corrected chi connectivity index (χ2v) is 5.87. The average Bonchev–Trinajstić information content (AvgIpc) is 2.48. The monoisotopic (exact) mass is 260 g/mol. The highest BCUT2D eigenvalue weighted by Gasteiger charge is 2.34. The van der Waals surface area contributed by atoms with Crippen LogP contribution in [0.2, 0.25) is 0 Å². The average molecular weight is 260 g/mol. The summed E-state index contributed by atoms with van der Waals surface area (Å²) in [5.41, 5.74) is 1.16. The van der Waals surface area contributed by atoms with E-state index < -0.39 is 0 Å². The summed E-state index contributed by atoms with van der Waals surface area (Å²) in [6.45, 7) is 1.97. The van der Waals surface area contributed by atoms with E-state index in [1.54, 1.807) is 0 Å². The van der Waals surface area contributed by atoms with Crippen molar-refractivity contribution in [2.24, 2.45) is 5.92 Å². The van der Waals surface area contributed by atoms with Gasteiger partial charge >= 0.3 is 0 Å². The van der Waals surface area contributed by atoms with Crippen LogP contribution in [0.25, 0.3) is 0 Å². The fourth-order valence-corrected chi connectivity index (χ4v) is 3.66. The molecule has 1 aromatic heterocycles. The molecule has 104 valence electrons. The van der Waals surface area contributed by atoms with E-state index in [1.165, 1.54) is 38.5 Å². The first-order valence-corrected chi connectivity index (χ1v) is 7.60. The summed E-state index contributed by atoms with van der Waals surface area (Å²) in [6, 6.07) is 0.692. The Hall–Kier alpha value is -1.16. The third-order valence-corrected chi connectivity index (χ3v) is 4.57. The molecule has 3 rings (SSSR count). The molecule has 0 amide bonds. The number of hydrogen-bond donors (Lipinski definition) is 1. The van der Waals surface area contributed by atoms with Crippen LogP contribution in [0.15, 0.2) is 12.4 Å². The smallest absolute Gasteiger partial charge is 0.225 e. The van der Waals surface area contributed by atoms with Crippen LogP contribution in [-0.2, 0) is 6.54 Å². The highest BCUT2D eigenvalue weighted by molar-refractivity contribution is 5.33. The third kappa shape index (κ3) is 2.73. The number of aromatic nitrogens is 2. The standard InChI is InChI=1S/C15H24N4/c1-16-9-12-10-17-15(18-11-12)19-8-4-6-13-5-2-3-7-14(13)19/h10-11,13-14,16H,2-9H2,1H3/t13-,14-/m1/s1. The number of fused-ring (bicyclic) bond motifs is 1. The lowest BCUT2D eigenvalue weighted by Gasteiger charge is -2.44. The van der Waals surface area contributed by atoms with Crippen LogP contribution >= 0.6 is 0 Å². The van der Waals surface area contributed by atoms with Gasteiger partial charge in [-0.3, -0.25) is 0 Å². The summed E-state index contributed by atoms with van der Waals surface area (Å²) in [7, 11) is 1.95. The number of anilines is 1. The highest BCUT2D eigenvalue weighted by atomic mass is 15.3. The Morgan fingerprint density at radius 2 is 1.89 bits per heavy atom. The normalized spacial score (nSPS) is 27.1. The number of rotatable bonds is 3. The molecular weight excluding hydrogens is 236 g/mol. The molecule has 1 aliphatic heterocycles. The number of hydrogen-bond acceptors (Lipinski definition) is 4. The molecule has 1 N–H and O–H groups in total. The summed E-state index contributed by atoms with van der Waals surface area (Å²) in [4.78, 5) is 11.6. The Kier molecular flexibility index (Phi) is 3.97. The second kappa shape index (κ2) is 5.87. The molecule has 1 aliphatic carbocycles. The van der Waals surface area contributed by atoms with Gasteiger partial charge in [-0.1, -0.05) is 12.8 Å². The molecule has 0 radical (unpaired) electrons. The summed E-state index contributed by atoms with van der Waals surface area (Å²) in [5, 5.41) is 3.13. The maximum Gasteiger partial charge on any atom is 0.225 e. The first-order valence-electron chi connectivity index (χ1n) is 7.60. The molecule has 2 heterocycles. The van der Waals surface area contributed by atoms with E-state index >= 15 is 0 Å². The Labute approximate surface area is 115 Å². The lowest BCUT2D eigenvalue weighted by molar-refractivity contribution is 0.241. The molecule has 1 saturated heterocycles. The Morgan fingerprint density at radius 1 is 1.16 bits per heavy atom. The lowest BCUT2D eigenvalue weighted by Crippen LogP contribution is -2.47. The maximum atomic E-state index is 4.59. The number of nitrogens with one attached hydrogen (secondary N) is 1. The Bertz CT molecular complexity index is 401. The van der Waals surface area contributed by atoms with Crippen LogP contribution in [0, 0.1) is 5.92 Å². The zero-order valence-electron chi connectivity index (χ0n) is 11.8. The lowest BCUT2D eigenvalue weighted by atomic mass is 9.78. The summed E-state index contributed by atoms with van der Waals surface area (Å²) in [5.74, 6) is 1.82. The van der Waals surface area contributed by atoms with Crippen molar-refractivity contribution in [3.63, 3.8) is 0 Å². The second-order valence-electron chi connectivity index (χ2n) is 5.87. The van der Waals surface area contributed by atoms with Crippen molar-refractivity contribution in [1.82, 2.24) is 15.3 Å². The SMILES string of the molecule is CNCc1cnc(N2CCC[C@H]3CCCC[C@H]32)nc1. The van der Waals surface area contributed by atoms with Gasteiger partial charge in [0.2, 0.25) is 5.95 Å². The van der Waals surface area contributed by atoms with E-state index in [0.717, 1.165) is 30.5 Å². The molecule has 2 atom stereocenters. The topological polar surface area (TPSA) is 41.1 Å². The summed E-state index contributed by atoms with van der Waals surface area (Å²) in [6.07, 6.45) is 12.1. The molecule has 4 nitrogen and oxygen atoms in total. The molecule has 0 bridgehead atoms. The Morgan fingerprint density at radius 3 is 2.68 bits per heavy atom. The molecule has 2 aliphatic rings. The molecule has 19 heavy (non-hydrogen) atoms. The minimum absolute atomic E-state index is 0.692. The fraction of sp³-hybridized carbons (Fsp3) is 0.733. The van der Waals surface area contributed by atoms with E-state index in [9.17, 15) is 0 Å². The molecule has 1 aromatic rings. The first-order chi connectivity index (χ1) is 9.38. The fourth-order valence-electron chi connectivity index (χ4n) is 3.66. The quantitative estimate of drug-likeness (QED) is 0.906. The van der Waals surface area contributed by atoms with Gasteiger partial charge in [0.15, 0.2) is 0 Å². The largest absolute Gasteiger partial charge is 0.338 e. The zero-order valence-corrected chi connectivity index (χ0v) is 11.8. The Balaban J connectivity index is 1.75. The van der Waals surface area contributed by atoms with Crippen LogP contribution in [0.1, 0.15) is 44.1 Å². The van der Waals surface area contributed by atoms with Gasteiger partial charge in [-0.2, -0.15) is 0 Å². The van der Waals surface area contributed by atoms with E-state index in [0.29, 0.717) is 6.04 Å². The van der Waals surface area contributed by atoms with Gasteiger partial charge in [-0.05, 0) is 38.6 Å². The van der Waals surface area contributed by atoms with Crippen LogP contribution in [0.4, 0.5) is 5.95 Å². The minimum atomic E-state index is 0.692. The van der Waals surface area contributed by atoms with Gasteiger partial charge in [0.25, 0.3) is 0 Å². The van der Waals surface area contributed by atoms with Gasteiger partial charge in [0.1, 0.15) is 0 Å². The van der Waals surface area contributed by atoms with Crippen molar-refractivity contribution in [2.45, 2.75) is 51.1 Å². The molecule has 0 spiro atoms. The van der Waals surface area contributed by atoms with Crippen LogP contribution in [0.5, 0.6) is 0 Å². The van der Waals surface area contributed by atoms with E-state index in [4.69, 9.17) is 0 Å². The van der Waals surface area contributed by atoms with Crippen molar-refractivity contribution >= 4 is 5.95 Å². The van der Waals surface area contributed by atoms with Gasteiger partial charge in [-0.15, -0.1) is 0 Å². The predicted molar refractivity (Wildman–Crippen MR) is 77.1 cm³/mol. The highest BCUT2D eigenvalue weighted by Crippen LogP contribution is 2.36. The number of nitrogens with zero attached hydrogens (tertiary/aromatic N) is 3. The van der Waals surface area contributed by atoms with Crippen molar-refractivity contribution in [2.75, 3.05) is 18.5 Å². The van der Waals surface area contributed by atoms with Gasteiger partial charge in [0, 0.05) is 37.1 Å². The van der Waals surface area contributed by atoms with Crippen molar-refractivity contribution in [1.29, 1.82) is 0 Å². The summed E-state index contributed by atoms with van der Waals surface area (Å²) >= 11 is 0. The van der Waals surface area contributed by atoms with E-state index in [1.807, 2.05) is 19.4 Å². The van der Waals surface area contributed by atoms with Crippen LogP contribution in [0.3, 0.4) is 0 Å². The minimum Gasteiger partial charge on any atom is -0.338 e. The number of piperidine rings is 1. The van der Waals surface area contributed by atoms with Gasteiger partial charge in [-0.25, -0.2) is 9.97 Å². The molecule has 2 fully saturated rings. The first kappa shape index (κ1) is 12.9. The zero-order chi connectivity index (χ0) is 13.1. The van der Waals surface area contributed by atoms with Crippen molar-refractivity contribution in [3.8, 4) is 0 Å².